The summed E-state index contributed by atoms with van der Waals surface area (Å²) in [5.74, 6) is 1.42. The van der Waals surface area contributed by atoms with Crippen molar-refractivity contribution in [3.05, 3.63) is 71.5 Å². The van der Waals surface area contributed by atoms with Crippen molar-refractivity contribution in [1.82, 2.24) is 19.7 Å². The highest BCUT2D eigenvalue weighted by atomic mass is 32.2. The molecule has 3 aromatic rings. The van der Waals surface area contributed by atoms with Crippen LogP contribution in [0.25, 0.3) is 5.69 Å². The van der Waals surface area contributed by atoms with E-state index in [-0.39, 0.29) is 5.91 Å². The van der Waals surface area contributed by atoms with Gasteiger partial charge in [0.1, 0.15) is 5.82 Å². The van der Waals surface area contributed by atoms with Crippen molar-refractivity contribution in [2.45, 2.75) is 45.2 Å². The lowest BCUT2D eigenvalue weighted by Crippen LogP contribution is -2.31. The lowest BCUT2D eigenvalue weighted by atomic mass is 10.1. The molecule has 0 radical (unpaired) electrons. The smallest absolute Gasteiger partial charge is 0.233 e. The van der Waals surface area contributed by atoms with E-state index in [1.807, 2.05) is 24.8 Å². The number of aryl methyl sites for hydroxylation is 3. The number of carbonyl (C=O) groups is 1. The van der Waals surface area contributed by atoms with Gasteiger partial charge in [0.2, 0.25) is 5.91 Å². The minimum atomic E-state index is 0.131. The molecule has 0 atom stereocenters. The van der Waals surface area contributed by atoms with E-state index in [0.29, 0.717) is 5.75 Å². The van der Waals surface area contributed by atoms with Gasteiger partial charge in [-0.1, -0.05) is 61.2 Å². The van der Waals surface area contributed by atoms with Crippen LogP contribution < -0.4 is 0 Å². The number of amides is 1. The van der Waals surface area contributed by atoms with Crippen molar-refractivity contribution in [3.63, 3.8) is 0 Å². The van der Waals surface area contributed by atoms with E-state index >= 15 is 0 Å². The molecule has 0 unspecified atom stereocenters. The molecule has 30 heavy (non-hydrogen) atoms. The Bertz CT molecular complexity index is 934. The van der Waals surface area contributed by atoms with Gasteiger partial charge in [-0.3, -0.25) is 9.36 Å². The van der Waals surface area contributed by atoms with E-state index in [2.05, 4.69) is 70.2 Å². The summed E-state index contributed by atoms with van der Waals surface area (Å²) in [6, 6.07) is 18.9. The van der Waals surface area contributed by atoms with Crippen LogP contribution in [0.1, 0.15) is 37.7 Å². The summed E-state index contributed by atoms with van der Waals surface area (Å²) >= 11 is 1.46. The topological polar surface area (TPSA) is 51.0 Å². The number of aromatic nitrogens is 3. The van der Waals surface area contributed by atoms with Gasteiger partial charge in [0.15, 0.2) is 5.16 Å². The average molecular weight is 423 g/mol. The molecule has 2 aromatic carbocycles. The molecule has 0 fully saturated rings. The Balaban J connectivity index is 1.84. The normalized spacial score (nSPS) is 10.9. The summed E-state index contributed by atoms with van der Waals surface area (Å²) in [6.45, 7) is 7.61. The third-order valence-corrected chi connectivity index (χ3v) is 6.14. The highest BCUT2D eigenvalue weighted by Crippen LogP contribution is 2.24. The molecule has 0 aliphatic heterocycles. The van der Waals surface area contributed by atoms with E-state index in [4.69, 9.17) is 0 Å². The molecule has 158 valence electrons. The van der Waals surface area contributed by atoms with Crippen LogP contribution in [0.4, 0.5) is 0 Å². The number of benzene rings is 2. The monoisotopic (exact) mass is 422 g/mol. The maximum atomic E-state index is 12.5. The predicted octanol–water partition coefficient (Wildman–Crippen LogP) is 4.58. The molecule has 0 N–H and O–H groups in total. The first kappa shape index (κ1) is 22.1. The highest BCUT2D eigenvalue weighted by Gasteiger charge is 2.17. The maximum Gasteiger partial charge on any atom is 0.233 e. The van der Waals surface area contributed by atoms with Crippen LogP contribution in [0.15, 0.2) is 59.8 Å². The van der Waals surface area contributed by atoms with Crippen LogP contribution in [0, 0.1) is 0 Å². The van der Waals surface area contributed by atoms with Gasteiger partial charge in [0.25, 0.3) is 0 Å². The second-order valence-corrected chi connectivity index (χ2v) is 8.04. The fraction of sp³-hybridized carbons (Fsp3) is 0.375. The molecule has 3 rings (SSSR count). The van der Waals surface area contributed by atoms with Crippen LogP contribution in [0.2, 0.25) is 0 Å². The molecule has 1 heterocycles. The van der Waals surface area contributed by atoms with Crippen molar-refractivity contribution < 1.29 is 4.79 Å². The molecular formula is C24H30N4OS. The van der Waals surface area contributed by atoms with Gasteiger partial charge in [0, 0.05) is 25.2 Å². The van der Waals surface area contributed by atoms with Gasteiger partial charge in [-0.05, 0) is 49.9 Å². The highest BCUT2D eigenvalue weighted by molar-refractivity contribution is 7.99. The molecule has 0 aliphatic carbocycles. The molecule has 6 heteroatoms. The Morgan fingerprint density at radius 1 is 0.900 bits per heavy atom. The van der Waals surface area contributed by atoms with Gasteiger partial charge in [-0.25, -0.2) is 0 Å². The fourth-order valence-corrected chi connectivity index (χ4v) is 4.26. The van der Waals surface area contributed by atoms with Crippen LogP contribution in [-0.2, 0) is 24.1 Å². The zero-order valence-corrected chi connectivity index (χ0v) is 18.9. The van der Waals surface area contributed by atoms with Crippen molar-refractivity contribution >= 4 is 17.7 Å². The van der Waals surface area contributed by atoms with Gasteiger partial charge < -0.3 is 4.90 Å². The zero-order chi connectivity index (χ0) is 21.3. The summed E-state index contributed by atoms with van der Waals surface area (Å²) in [4.78, 5) is 14.3. The molecule has 0 aliphatic rings. The van der Waals surface area contributed by atoms with Crippen LogP contribution >= 0.6 is 11.8 Å². The third-order valence-electron chi connectivity index (χ3n) is 5.22. The molecule has 0 bridgehead atoms. The fourth-order valence-electron chi connectivity index (χ4n) is 3.39. The largest absolute Gasteiger partial charge is 0.343 e. The number of hydrogen-bond acceptors (Lipinski definition) is 4. The summed E-state index contributed by atoms with van der Waals surface area (Å²) in [6.07, 6.45) is 2.69. The minimum absolute atomic E-state index is 0.131. The summed E-state index contributed by atoms with van der Waals surface area (Å²) in [5.41, 5.74) is 3.61. The molecular weight excluding hydrogens is 392 g/mol. The molecule has 1 aromatic heterocycles. The first-order valence-electron chi connectivity index (χ1n) is 10.6. The van der Waals surface area contributed by atoms with E-state index in [0.717, 1.165) is 49.0 Å². The van der Waals surface area contributed by atoms with Crippen LogP contribution in [-0.4, -0.2) is 44.4 Å². The lowest BCUT2D eigenvalue weighted by molar-refractivity contribution is -0.127. The van der Waals surface area contributed by atoms with Crippen molar-refractivity contribution in [3.8, 4) is 5.69 Å². The third kappa shape index (κ3) is 5.51. The van der Waals surface area contributed by atoms with Crippen LogP contribution in [0.3, 0.4) is 0 Å². The Hall–Kier alpha value is -2.60. The molecule has 0 saturated carbocycles. The van der Waals surface area contributed by atoms with Crippen molar-refractivity contribution in [1.29, 1.82) is 0 Å². The Labute approximate surface area is 183 Å². The van der Waals surface area contributed by atoms with Gasteiger partial charge in [-0.2, -0.15) is 0 Å². The van der Waals surface area contributed by atoms with E-state index in [9.17, 15) is 4.79 Å². The summed E-state index contributed by atoms with van der Waals surface area (Å²) in [5, 5.41) is 9.68. The lowest BCUT2D eigenvalue weighted by Gasteiger charge is -2.18. The standard InChI is InChI=1S/C24H30N4OS/c1-4-19-12-15-21(16-13-19)28-22(17-14-20-10-8-7-9-11-20)25-26-24(28)30-18-23(29)27(5-2)6-3/h7-13,15-16H,4-6,14,17-18H2,1-3H3. The van der Waals surface area contributed by atoms with Gasteiger partial charge in [-0.15, -0.1) is 10.2 Å². The second kappa shape index (κ2) is 11.0. The van der Waals surface area contributed by atoms with E-state index in [1.165, 1.54) is 22.9 Å². The molecule has 0 saturated heterocycles. The van der Waals surface area contributed by atoms with Crippen molar-refractivity contribution in [2.75, 3.05) is 18.8 Å². The summed E-state index contributed by atoms with van der Waals surface area (Å²) < 4.78 is 2.10. The molecule has 0 spiro atoms. The maximum absolute atomic E-state index is 12.5. The number of rotatable bonds is 10. The number of nitrogens with zero attached hydrogens (tertiary/aromatic N) is 4. The summed E-state index contributed by atoms with van der Waals surface area (Å²) in [7, 11) is 0. The number of hydrogen-bond donors (Lipinski definition) is 0. The quantitative estimate of drug-likeness (QED) is 0.449. The van der Waals surface area contributed by atoms with Crippen LogP contribution in [0.5, 0.6) is 0 Å². The Morgan fingerprint density at radius 2 is 1.60 bits per heavy atom. The van der Waals surface area contributed by atoms with E-state index < -0.39 is 0 Å². The minimum Gasteiger partial charge on any atom is -0.343 e. The number of carbonyl (C=O) groups excluding carboxylic acids is 1. The van der Waals surface area contributed by atoms with Gasteiger partial charge in [0.05, 0.1) is 5.75 Å². The number of thioether (sulfide) groups is 1. The average Bonchev–Trinajstić information content (AvgIpc) is 3.20. The van der Waals surface area contributed by atoms with Crippen molar-refractivity contribution in [2.24, 2.45) is 0 Å². The first-order chi connectivity index (χ1) is 14.7. The first-order valence-corrected chi connectivity index (χ1v) is 11.6. The van der Waals surface area contributed by atoms with E-state index in [1.54, 1.807) is 0 Å². The van der Waals surface area contributed by atoms with Gasteiger partial charge >= 0.3 is 0 Å². The molecule has 1 amide bonds. The SMILES string of the molecule is CCc1ccc(-n2c(CCc3ccccc3)nnc2SCC(=O)N(CC)CC)cc1. The predicted molar refractivity (Wildman–Crippen MR) is 123 cm³/mol. The second-order valence-electron chi connectivity index (χ2n) is 7.09. The zero-order valence-electron chi connectivity index (χ0n) is 18.0. The Morgan fingerprint density at radius 3 is 2.23 bits per heavy atom. The Kier molecular flexibility index (Phi) is 8.08. The molecule has 5 nitrogen and oxygen atoms in total.